The highest BCUT2D eigenvalue weighted by molar-refractivity contribution is 6.13. The van der Waals surface area contributed by atoms with E-state index in [1.807, 2.05) is 36.2 Å². The second-order valence-corrected chi connectivity index (χ2v) is 4.39. The monoisotopic (exact) mass is 270 g/mol. The van der Waals surface area contributed by atoms with Crippen molar-refractivity contribution in [3.63, 3.8) is 0 Å². The van der Waals surface area contributed by atoms with Gasteiger partial charge in [0, 0.05) is 19.3 Å². The summed E-state index contributed by atoms with van der Waals surface area (Å²) in [6.45, 7) is 0.662. The minimum absolute atomic E-state index is 0.237. The maximum Gasteiger partial charge on any atom is 0.326 e. The van der Waals surface area contributed by atoms with Gasteiger partial charge in [-0.25, -0.2) is 4.79 Å². The Labute approximate surface area is 116 Å². The minimum atomic E-state index is -0.505. The van der Waals surface area contributed by atoms with Gasteiger partial charge in [0.1, 0.15) is 5.70 Å². The molecule has 2 rings (SSSR count). The molecule has 0 spiro atoms. The average Bonchev–Trinajstić information content (AvgIpc) is 2.75. The maximum atomic E-state index is 11.4. The Kier molecular flexibility index (Phi) is 4.01. The van der Waals surface area contributed by atoms with Crippen molar-refractivity contribution in [3.8, 4) is 6.07 Å². The number of amides is 3. The van der Waals surface area contributed by atoms with Crippen LogP contribution in [0.5, 0.6) is 0 Å². The van der Waals surface area contributed by atoms with Crippen LogP contribution in [0.15, 0.2) is 30.0 Å². The Morgan fingerprint density at radius 3 is 2.50 bits per heavy atom. The molecule has 2 N–H and O–H groups in total. The number of carbonyl (C=O) groups is 2. The molecule has 0 atom stereocenters. The van der Waals surface area contributed by atoms with Gasteiger partial charge in [-0.3, -0.25) is 10.1 Å². The lowest BCUT2D eigenvalue weighted by atomic mass is 10.1. The first-order chi connectivity index (χ1) is 9.60. The van der Waals surface area contributed by atoms with E-state index in [0.29, 0.717) is 13.0 Å². The molecular formula is C14H14N4O2. The molecule has 0 saturated carbocycles. The van der Waals surface area contributed by atoms with Gasteiger partial charge >= 0.3 is 6.03 Å². The number of benzene rings is 1. The molecule has 102 valence electrons. The van der Waals surface area contributed by atoms with Crippen LogP contribution in [0.1, 0.15) is 12.0 Å². The zero-order valence-electron chi connectivity index (χ0n) is 11.0. The molecule has 20 heavy (non-hydrogen) atoms. The molecular weight excluding hydrogens is 256 g/mol. The van der Waals surface area contributed by atoms with Crippen LogP contribution in [0.4, 0.5) is 10.5 Å². The Morgan fingerprint density at radius 1 is 1.25 bits per heavy atom. The summed E-state index contributed by atoms with van der Waals surface area (Å²) in [5.74, 6) is -0.426. The molecule has 6 heteroatoms. The van der Waals surface area contributed by atoms with E-state index < -0.39 is 11.9 Å². The highest BCUT2D eigenvalue weighted by atomic mass is 16.2. The molecule has 6 nitrogen and oxygen atoms in total. The molecule has 1 aliphatic rings. The summed E-state index contributed by atoms with van der Waals surface area (Å²) >= 11 is 0. The van der Waals surface area contributed by atoms with Crippen LogP contribution >= 0.6 is 0 Å². The van der Waals surface area contributed by atoms with Crippen LogP contribution in [0.25, 0.3) is 6.08 Å². The SMILES string of the molecule is CN(CCC#N)c1ccc(/C=C2\NC(=O)NC2=O)cc1. The number of hydrogen-bond donors (Lipinski definition) is 2. The summed E-state index contributed by atoms with van der Waals surface area (Å²) in [5.41, 5.74) is 2.04. The summed E-state index contributed by atoms with van der Waals surface area (Å²) in [6, 6.07) is 9.10. The van der Waals surface area contributed by atoms with Gasteiger partial charge in [0.05, 0.1) is 12.5 Å². The minimum Gasteiger partial charge on any atom is -0.374 e. The van der Waals surface area contributed by atoms with Crippen molar-refractivity contribution in [1.29, 1.82) is 5.26 Å². The van der Waals surface area contributed by atoms with Crippen LogP contribution in [-0.4, -0.2) is 25.5 Å². The van der Waals surface area contributed by atoms with Gasteiger partial charge in [-0.05, 0) is 23.8 Å². The average molecular weight is 270 g/mol. The lowest BCUT2D eigenvalue weighted by Gasteiger charge is -2.17. The van der Waals surface area contributed by atoms with E-state index in [-0.39, 0.29) is 5.70 Å². The number of urea groups is 1. The van der Waals surface area contributed by atoms with Crippen LogP contribution in [0, 0.1) is 11.3 Å². The molecule has 1 aliphatic heterocycles. The molecule has 1 aromatic carbocycles. The quantitative estimate of drug-likeness (QED) is 0.636. The number of nitrogens with one attached hydrogen (secondary N) is 2. The van der Waals surface area contributed by atoms with E-state index in [0.717, 1.165) is 11.3 Å². The van der Waals surface area contributed by atoms with Gasteiger partial charge in [-0.2, -0.15) is 5.26 Å². The Morgan fingerprint density at radius 2 is 1.95 bits per heavy atom. The zero-order valence-corrected chi connectivity index (χ0v) is 11.0. The fourth-order valence-corrected chi connectivity index (χ4v) is 1.82. The molecule has 1 heterocycles. The van der Waals surface area contributed by atoms with E-state index in [4.69, 9.17) is 5.26 Å². The lowest BCUT2D eigenvalue weighted by Crippen LogP contribution is -2.22. The normalized spacial score (nSPS) is 15.7. The fourth-order valence-electron chi connectivity index (χ4n) is 1.82. The van der Waals surface area contributed by atoms with Gasteiger partial charge < -0.3 is 10.2 Å². The number of nitrogens with zero attached hydrogens (tertiary/aromatic N) is 2. The van der Waals surface area contributed by atoms with Gasteiger partial charge in [0.15, 0.2) is 0 Å². The third kappa shape index (κ3) is 3.14. The molecule has 0 unspecified atom stereocenters. The number of imide groups is 1. The Balaban J connectivity index is 2.09. The van der Waals surface area contributed by atoms with Crippen molar-refractivity contribution in [3.05, 3.63) is 35.5 Å². The molecule has 1 fully saturated rings. The van der Waals surface area contributed by atoms with Gasteiger partial charge in [-0.15, -0.1) is 0 Å². The number of rotatable bonds is 4. The predicted molar refractivity (Wildman–Crippen MR) is 74.6 cm³/mol. The molecule has 0 aromatic heterocycles. The molecule has 1 saturated heterocycles. The van der Waals surface area contributed by atoms with E-state index in [1.54, 1.807) is 6.08 Å². The van der Waals surface area contributed by atoms with Crippen molar-refractivity contribution >= 4 is 23.7 Å². The molecule has 1 aromatic rings. The van der Waals surface area contributed by atoms with Crippen molar-refractivity contribution in [2.45, 2.75) is 6.42 Å². The summed E-state index contributed by atoms with van der Waals surface area (Å²) < 4.78 is 0. The standard InChI is InChI=1S/C14H14N4O2/c1-18(8-2-7-15)11-5-3-10(4-6-11)9-12-13(19)17-14(20)16-12/h3-6,9H,2,8H2,1H3,(H2,16,17,19,20)/b12-9-. The molecule has 0 radical (unpaired) electrons. The van der Waals surface area contributed by atoms with Crippen molar-refractivity contribution < 1.29 is 9.59 Å². The third-order valence-electron chi connectivity index (χ3n) is 2.92. The summed E-state index contributed by atoms with van der Waals surface area (Å²) in [4.78, 5) is 24.3. The highest BCUT2D eigenvalue weighted by Crippen LogP contribution is 2.16. The maximum absolute atomic E-state index is 11.4. The fraction of sp³-hybridized carbons (Fsp3) is 0.214. The van der Waals surface area contributed by atoms with Crippen LogP contribution in [0.3, 0.4) is 0 Å². The topological polar surface area (TPSA) is 85.2 Å². The van der Waals surface area contributed by atoms with Crippen LogP contribution in [0.2, 0.25) is 0 Å². The zero-order chi connectivity index (χ0) is 14.5. The second kappa shape index (κ2) is 5.89. The van der Waals surface area contributed by atoms with Crippen molar-refractivity contribution in [2.75, 3.05) is 18.5 Å². The first-order valence-corrected chi connectivity index (χ1v) is 6.12. The lowest BCUT2D eigenvalue weighted by molar-refractivity contribution is -0.115. The third-order valence-corrected chi connectivity index (χ3v) is 2.92. The largest absolute Gasteiger partial charge is 0.374 e. The van der Waals surface area contributed by atoms with E-state index in [9.17, 15) is 9.59 Å². The Hall–Kier alpha value is -2.81. The van der Waals surface area contributed by atoms with E-state index in [2.05, 4.69) is 16.7 Å². The van der Waals surface area contributed by atoms with Gasteiger partial charge in [0.2, 0.25) is 0 Å². The van der Waals surface area contributed by atoms with Gasteiger partial charge in [0.25, 0.3) is 5.91 Å². The van der Waals surface area contributed by atoms with Crippen LogP contribution < -0.4 is 15.5 Å². The number of nitriles is 1. The Bertz CT molecular complexity index is 599. The summed E-state index contributed by atoms with van der Waals surface area (Å²) in [6.07, 6.45) is 2.08. The number of carbonyl (C=O) groups excluding carboxylic acids is 2. The van der Waals surface area contributed by atoms with Crippen molar-refractivity contribution in [2.24, 2.45) is 0 Å². The number of anilines is 1. The first kappa shape index (κ1) is 13.6. The van der Waals surface area contributed by atoms with Crippen LogP contribution in [-0.2, 0) is 4.79 Å². The van der Waals surface area contributed by atoms with E-state index >= 15 is 0 Å². The second-order valence-electron chi connectivity index (χ2n) is 4.39. The first-order valence-electron chi connectivity index (χ1n) is 6.12. The van der Waals surface area contributed by atoms with E-state index in [1.165, 1.54) is 0 Å². The highest BCUT2D eigenvalue weighted by Gasteiger charge is 2.22. The van der Waals surface area contributed by atoms with Gasteiger partial charge in [-0.1, -0.05) is 12.1 Å². The summed E-state index contributed by atoms with van der Waals surface area (Å²) in [7, 11) is 1.91. The summed E-state index contributed by atoms with van der Waals surface area (Å²) in [5, 5.41) is 13.1. The predicted octanol–water partition coefficient (Wildman–Crippen LogP) is 1.22. The molecule has 3 amide bonds. The molecule has 0 aliphatic carbocycles. The van der Waals surface area contributed by atoms with Crippen molar-refractivity contribution in [1.82, 2.24) is 10.6 Å². The number of hydrogen-bond acceptors (Lipinski definition) is 4. The smallest absolute Gasteiger partial charge is 0.326 e. The molecule has 0 bridgehead atoms.